The highest BCUT2D eigenvalue weighted by molar-refractivity contribution is 5.99. The van der Waals surface area contributed by atoms with Crippen LogP contribution in [0.1, 0.15) is 70.8 Å². The summed E-state index contributed by atoms with van der Waals surface area (Å²) in [5.41, 5.74) is 1.83. The number of rotatable bonds is 3. The van der Waals surface area contributed by atoms with Crippen molar-refractivity contribution in [2.45, 2.75) is 94.9 Å². The summed E-state index contributed by atoms with van der Waals surface area (Å²) in [6.07, 6.45) is 7.77. The van der Waals surface area contributed by atoms with E-state index >= 15 is 0 Å². The number of hydrogen-bond donors (Lipinski definition) is 0. The van der Waals surface area contributed by atoms with Gasteiger partial charge in [0.25, 0.3) is 0 Å². The second-order valence-corrected chi connectivity index (χ2v) is 11.5. The van der Waals surface area contributed by atoms with Gasteiger partial charge in [0.05, 0.1) is 6.10 Å². The molecule has 4 fully saturated rings. The third kappa shape index (κ3) is 3.71. The zero-order chi connectivity index (χ0) is 23.6. The van der Waals surface area contributed by atoms with Gasteiger partial charge >= 0.3 is 6.09 Å². The van der Waals surface area contributed by atoms with Gasteiger partial charge in [-0.2, -0.15) is 0 Å². The first-order valence-electron chi connectivity index (χ1n) is 13.2. The number of carbonyl (C=O) groups is 2. The molecule has 0 radical (unpaired) electrons. The van der Waals surface area contributed by atoms with Crippen molar-refractivity contribution in [2.24, 2.45) is 5.92 Å². The van der Waals surface area contributed by atoms with Gasteiger partial charge in [-0.3, -0.25) is 4.79 Å². The van der Waals surface area contributed by atoms with Crippen molar-refractivity contribution in [1.82, 2.24) is 9.80 Å². The SMILES string of the molecule is CC(C)OC(=O)N1C2CCC1CC(N1CCC3(CC1)CN(C(=O)C1CC1)c1ccc(F)cc13)C2. The number of anilines is 1. The molecule has 4 heterocycles. The quantitative estimate of drug-likeness (QED) is 0.656. The van der Waals surface area contributed by atoms with E-state index in [-0.39, 0.29) is 47.3 Å². The Morgan fingerprint density at radius 3 is 2.32 bits per heavy atom. The molecule has 0 N–H and O–H groups in total. The van der Waals surface area contributed by atoms with Crippen LogP contribution in [0.15, 0.2) is 18.2 Å². The molecule has 1 spiro atoms. The fraction of sp³-hybridized carbons (Fsp3) is 0.704. The number of likely N-dealkylation sites (tertiary alicyclic amines) is 1. The van der Waals surface area contributed by atoms with Crippen molar-refractivity contribution in [2.75, 3.05) is 24.5 Å². The number of nitrogens with zero attached hydrogens (tertiary/aromatic N) is 3. The van der Waals surface area contributed by atoms with Gasteiger partial charge in [-0.15, -0.1) is 0 Å². The molecule has 0 aromatic heterocycles. The minimum atomic E-state index is -0.210. The molecule has 1 aliphatic carbocycles. The van der Waals surface area contributed by atoms with Crippen LogP contribution in [0.4, 0.5) is 14.9 Å². The van der Waals surface area contributed by atoms with Gasteiger partial charge in [-0.1, -0.05) is 0 Å². The monoisotopic (exact) mass is 469 g/mol. The average molecular weight is 470 g/mol. The number of amides is 2. The number of halogens is 1. The van der Waals surface area contributed by atoms with E-state index in [1.165, 1.54) is 6.07 Å². The summed E-state index contributed by atoms with van der Waals surface area (Å²) in [4.78, 5) is 32.2. The van der Waals surface area contributed by atoms with Crippen LogP contribution < -0.4 is 4.90 Å². The zero-order valence-electron chi connectivity index (χ0n) is 20.3. The molecule has 2 bridgehead atoms. The van der Waals surface area contributed by atoms with Crippen molar-refractivity contribution < 1.29 is 18.7 Å². The van der Waals surface area contributed by atoms with Gasteiger partial charge in [0.15, 0.2) is 0 Å². The first kappa shape index (κ1) is 22.3. The molecule has 2 unspecified atom stereocenters. The van der Waals surface area contributed by atoms with Gasteiger partial charge in [0.2, 0.25) is 5.91 Å². The van der Waals surface area contributed by atoms with E-state index in [9.17, 15) is 14.0 Å². The molecule has 6 rings (SSSR count). The van der Waals surface area contributed by atoms with Crippen LogP contribution in [0, 0.1) is 11.7 Å². The van der Waals surface area contributed by atoms with Gasteiger partial charge in [-0.25, -0.2) is 9.18 Å². The van der Waals surface area contributed by atoms with Crippen molar-refractivity contribution in [3.05, 3.63) is 29.6 Å². The molecule has 7 heteroatoms. The maximum Gasteiger partial charge on any atom is 0.410 e. The summed E-state index contributed by atoms with van der Waals surface area (Å²) < 4.78 is 19.8. The molecule has 2 atom stereocenters. The predicted octanol–water partition coefficient (Wildman–Crippen LogP) is 4.46. The Hall–Kier alpha value is -2.15. The highest BCUT2D eigenvalue weighted by Gasteiger charge is 2.51. The Kier molecular flexibility index (Phi) is 5.39. The Morgan fingerprint density at radius 1 is 1.03 bits per heavy atom. The lowest BCUT2D eigenvalue weighted by Crippen LogP contribution is -2.55. The van der Waals surface area contributed by atoms with Gasteiger partial charge < -0.3 is 19.4 Å². The molecule has 34 heavy (non-hydrogen) atoms. The predicted molar refractivity (Wildman–Crippen MR) is 127 cm³/mol. The Balaban J connectivity index is 1.15. The van der Waals surface area contributed by atoms with Crippen LogP contribution in [0.2, 0.25) is 0 Å². The maximum absolute atomic E-state index is 14.3. The first-order chi connectivity index (χ1) is 16.3. The van der Waals surface area contributed by atoms with E-state index in [0.717, 1.165) is 75.7 Å². The van der Waals surface area contributed by atoms with Crippen LogP contribution in [0.5, 0.6) is 0 Å². The lowest BCUT2D eigenvalue weighted by molar-refractivity contribution is -0.119. The Bertz CT molecular complexity index is 971. The summed E-state index contributed by atoms with van der Waals surface area (Å²) in [5.74, 6) is 0.180. The summed E-state index contributed by atoms with van der Waals surface area (Å²) in [7, 11) is 0. The van der Waals surface area contributed by atoms with E-state index < -0.39 is 0 Å². The van der Waals surface area contributed by atoms with Gasteiger partial charge in [-0.05, 0) is 102 Å². The van der Waals surface area contributed by atoms with Crippen LogP contribution in [0.3, 0.4) is 0 Å². The van der Waals surface area contributed by atoms with Crippen molar-refractivity contribution in [1.29, 1.82) is 0 Å². The number of piperidine rings is 2. The third-order valence-electron chi connectivity index (χ3n) is 9.00. The number of ether oxygens (including phenoxy) is 1. The lowest BCUT2D eigenvalue weighted by atomic mass is 9.73. The number of fused-ring (bicyclic) bond motifs is 4. The van der Waals surface area contributed by atoms with Gasteiger partial charge in [0.1, 0.15) is 5.82 Å². The van der Waals surface area contributed by atoms with Crippen LogP contribution >= 0.6 is 0 Å². The first-order valence-corrected chi connectivity index (χ1v) is 13.2. The van der Waals surface area contributed by atoms with Crippen LogP contribution in [0.25, 0.3) is 0 Å². The molecule has 6 nitrogen and oxygen atoms in total. The molecule has 5 aliphatic rings. The highest BCUT2D eigenvalue weighted by Crippen LogP contribution is 2.50. The molecule has 2 amide bonds. The standard InChI is InChI=1S/C27H36FN3O3/c1-17(2)34-26(33)31-20-6-7-21(31)15-22(14-20)29-11-9-27(10-12-29)16-30(25(32)18-3-4-18)24-8-5-19(28)13-23(24)27/h5,8,13,17-18,20-22H,3-4,6-7,9-12,14-16H2,1-2H3. The fourth-order valence-corrected chi connectivity index (χ4v) is 7.14. The van der Waals surface area contributed by atoms with Gasteiger partial charge in [0, 0.05) is 41.7 Å². The average Bonchev–Trinajstić information content (AvgIpc) is 3.57. The molecular weight excluding hydrogens is 433 g/mol. The smallest absolute Gasteiger partial charge is 0.410 e. The number of carbonyl (C=O) groups excluding carboxylic acids is 2. The molecule has 184 valence electrons. The molecule has 1 aromatic rings. The summed E-state index contributed by atoms with van der Waals surface area (Å²) in [6.45, 7) is 6.43. The molecule has 4 aliphatic heterocycles. The van der Waals surface area contributed by atoms with Crippen LogP contribution in [-0.2, 0) is 14.9 Å². The second-order valence-electron chi connectivity index (χ2n) is 11.5. The van der Waals surface area contributed by atoms with Crippen LogP contribution in [-0.4, -0.2) is 65.7 Å². The van der Waals surface area contributed by atoms with Crippen molar-refractivity contribution in [3.8, 4) is 0 Å². The number of benzene rings is 1. The van der Waals surface area contributed by atoms with E-state index in [4.69, 9.17) is 4.74 Å². The molecule has 1 aromatic carbocycles. The van der Waals surface area contributed by atoms with E-state index in [0.29, 0.717) is 12.6 Å². The topological polar surface area (TPSA) is 53.1 Å². The van der Waals surface area contributed by atoms with Crippen molar-refractivity contribution in [3.63, 3.8) is 0 Å². The minimum absolute atomic E-state index is 0.0894. The zero-order valence-corrected chi connectivity index (χ0v) is 20.3. The van der Waals surface area contributed by atoms with E-state index in [1.54, 1.807) is 6.07 Å². The summed E-state index contributed by atoms with van der Waals surface area (Å²) in [6, 6.07) is 6.03. The Morgan fingerprint density at radius 2 is 1.71 bits per heavy atom. The minimum Gasteiger partial charge on any atom is -0.447 e. The normalized spacial score (nSPS) is 30.2. The van der Waals surface area contributed by atoms with E-state index in [2.05, 4.69) is 4.90 Å². The third-order valence-corrected chi connectivity index (χ3v) is 9.00. The summed E-state index contributed by atoms with van der Waals surface area (Å²) >= 11 is 0. The Labute approximate surface area is 201 Å². The summed E-state index contributed by atoms with van der Waals surface area (Å²) in [5, 5.41) is 0. The second kappa shape index (κ2) is 8.21. The van der Waals surface area contributed by atoms with Crippen molar-refractivity contribution >= 4 is 17.7 Å². The number of hydrogen-bond acceptors (Lipinski definition) is 4. The molecular formula is C27H36FN3O3. The highest BCUT2D eigenvalue weighted by atomic mass is 19.1. The van der Waals surface area contributed by atoms with E-state index in [1.807, 2.05) is 29.7 Å². The largest absolute Gasteiger partial charge is 0.447 e. The maximum atomic E-state index is 14.3. The molecule has 1 saturated carbocycles. The lowest BCUT2D eigenvalue weighted by Gasteiger charge is -2.47. The fourth-order valence-electron chi connectivity index (χ4n) is 7.14. The molecule has 3 saturated heterocycles.